The monoisotopic (exact) mass is 249 g/mol. The highest BCUT2D eigenvalue weighted by Gasteiger charge is 1.94. The number of anilines is 1. The summed E-state index contributed by atoms with van der Waals surface area (Å²) in [4.78, 5) is 4.07. The van der Waals surface area contributed by atoms with Crippen LogP contribution in [0.1, 0.15) is 12.0 Å². The van der Waals surface area contributed by atoms with E-state index in [9.17, 15) is 0 Å². The molecule has 0 radical (unpaired) electrons. The predicted molar refractivity (Wildman–Crippen MR) is 69.0 cm³/mol. The van der Waals surface area contributed by atoms with E-state index in [-0.39, 0.29) is 0 Å². The van der Waals surface area contributed by atoms with Crippen molar-refractivity contribution < 1.29 is 0 Å². The normalized spacial score (nSPS) is 10.4. The first-order valence-corrected chi connectivity index (χ1v) is 6.43. The quantitative estimate of drug-likeness (QED) is 0.729. The van der Waals surface area contributed by atoms with Crippen molar-refractivity contribution in [2.24, 2.45) is 0 Å². The summed E-state index contributed by atoms with van der Waals surface area (Å²) in [5.41, 5.74) is 2.94. The lowest BCUT2D eigenvalue weighted by Crippen LogP contribution is -2.17. The minimum absolute atomic E-state index is 0.868. The Bertz CT molecular complexity index is 403. The molecule has 0 spiro atoms. The van der Waals surface area contributed by atoms with Gasteiger partial charge in [0.2, 0.25) is 5.13 Å². The van der Waals surface area contributed by atoms with Gasteiger partial charge in [0.25, 0.3) is 0 Å². The fourth-order valence-electron chi connectivity index (χ4n) is 1.39. The Balaban J connectivity index is 1.52. The standard InChI is InChI=1S/C11H15N5S/c1-3-10(7-12-4-1)8-13-5-2-6-14-11-16-15-9-17-11/h1,3-4,7,9,13H,2,5-6,8H2,(H,14,16). The van der Waals surface area contributed by atoms with Gasteiger partial charge in [-0.25, -0.2) is 0 Å². The summed E-state index contributed by atoms with van der Waals surface area (Å²) in [6.45, 7) is 2.75. The average Bonchev–Trinajstić information content (AvgIpc) is 2.88. The third-order valence-corrected chi connectivity index (χ3v) is 2.87. The second-order valence-corrected chi connectivity index (χ2v) is 4.40. The van der Waals surface area contributed by atoms with Crippen molar-refractivity contribution in [1.29, 1.82) is 0 Å². The van der Waals surface area contributed by atoms with Crippen LogP contribution in [0.2, 0.25) is 0 Å². The molecule has 0 aliphatic heterocycles. The minimum atomic E-state index is 0.868. The van der Waals surface area contributed by atoms with Crippen LogP contribution < -0.4 is 10.6 Å². The molecule has 0 aromatic carbocycles. The lowest BCUT2D eigenvalue weighted by molar-refractivity contribution is 0.661. The van der Waals surface area contributed by atoms with Gasteiger partial charge in [-0.1, -0.05) is 17.4 Å². The summed E-state index contributed by atoms with van der Waals surface area (Å²) in [7, 11) is 0. The highest BCUT2D eigenvalue weighted by Crippen LogP contribution is 2.06. The lowest BCUT2D eigenvalue weighted by atomic mass is 10.3. The summed E-state index contributed by atoms with van der Waals surface area (Å²) in [5, 5.41) is 15.1. The Kier molecular flexibility index (Phi) is 4.86. The van der Waals surface area contributed by atoms with Gasteiger partial charge in [-0.2, -0.15) is 0 Å². The number of nitrogens with one attached hydrogen (secondary N) is 2. The predicted octanol–water partition coefficient (Wildman–Crippen LogP) is 1.52. The van der Waals surface area contributed by atoms with Gasteiger partial charge in [-0.15, -0.1) is 10.2 Å². The average molecular weight is 249 g/mol. The van der Waals surface area contributed by atoms with Crippen LogP contribution in [-0.2, 0) is 6.54 Å². The summed E-state index contributed by atoms with van der Waals surface area (Å²) < 4.78 is 0. The molecule has 0 aliphatic carbocycles. The van der Waals surface area contributed by atoms with Crippen LogP contribution >= 0.6 is 11.3 Å². The molecule has 6 heteroatoms. The molecule has 0 aliphatic rings. The second-order valence-electron chi connectivity index (χ2n) is 3.56. The van der Waals surface area contributed by atoms with Gasteiger partial charge < -0.3 is 10.6 Å². The highest BCUT2D eigenvalue weighted by atomic mass is 32.1. The molecule has 0 amide bonds. The van der Waals surface area contributed by atoms with Crippen molar-refractivity contribution in [2.75, 3.05) is 18.4 Å². The summed E-state index contributed by atoms with van der Waals surface area (Å²) >= 11 is 1.52. The van der Waals surface area contributed by atoms with E-state index in [0.29, 0.717) is 0 Å². The molecule has 0 fully saturated rings. The molecular weight excluding hydrogens is 234 g/mol. The third kappa shape index (κ3) is 4.46. The van der Waals surface area contributed by atoms with Gasteiger partial charge in [-0.3, -0.25) is 4.98 Å². The number of hydrogen-bond donors (Lipinski definition) is 2. The van der Waals surface area contributed by atoms with E-state index in [1.807, 2.05) is 12.3 Å². The number of rotatable bonds is 7. The molecule has 0 atom stereocenters. The molecule has 0 unspecified atom stereocenters. The van der Waals surface area contributed by atoms with E-state index in [1.165, 1.54) is 16.9 Å². The SMILES string of the molecule is c1cncc(CNCCCNc2nncs2)c1. The molecule has 0 saturated carbocycles. The molecular formula is C11H15N5S. The maximum atomic E-state index is 4.07. The largest absolute Gasteiger partial charge is 0.360 e. The zero-order valence-electron chi connectivity index (χ0n) is 9.47. The maximum absolute atomic E-state index is 4.07. The Morgan fingerprint density at radius 2 is 2.29 bits per heavy atom. The Morgan fingerprint density at radius 1 is 1.29 bits per heavy atom. The fourth-order valence-corrected chi connectivity index (χ4v) is 1.87. The van der Waals surface area contributed by atoms with Crippen molar-refractivity contribution in [3.05, 3.63) is 35.6 Å². The molecule has 2 aromatic heterocycles. The Labute approximate surface area is 104 Å². The minimum Gasteiger partial charge on any atom is -0.360 e. The van der Waals surface area contributed by atoms with Gasteiger partial charge in [0.15, 0.2) is 0 Å². The van der Waals surface area contributed by atoms with E-state index >= 15 is 0 Å². The van der Waals surface area contributed by atoms with Gasteiger partial charge >= 0.3 is 0 Å². The van der Waals surface area contributed by atoms with Crippen molar-refractivity contribution in [2.45, 2.75) is 13.0 Å². The molecule has 0 bridgehead atoms. The van der Waals surface area contributed by atoms with Crippen LogP contribution in [-0.4, -0.2) is 28.3 Å². The topological polar surface area (TPSA) is 62.7 Å². The van der Waals surface area contributed by atoms with E-state index in [4.69, 9.17) is 0 Å². The molecule has 2 N–H and O–H groups in total. The van der Waals surface area contributed by atoms with Crippen LogP contribution in [0.4, 0.5) is 5.13 Å². The highest BCUT2D eigenvalue weighted by molar-refractivity contribution is 7.13. The molecule has 0 saturated heterocycles. The summed E-state index contributed by atoms with van der Waals surface area (Å²) in [6.07, 6.45) is 4.72. The maximum Gasteiger partial charge on any atom is 0.205 e. The van der Waals surface area contributed by atoms with Crippen molar-refractivity contribution in [3.8, 4) is 0 Å². The summed E-state index contributed by atoms with van der Waals surface area (Å²) in [6, 6.07) is 4.02. The number of hydrogen-bond acceptors (Lipinski definition) is 6. The molecule has 90 valence electrons. The van der Waals surface area contributed by atoms with Crippen LogP contribution in [0.25, 0.3) is 0 Å². The van der Waals surface area contributed by atoms with Crippen LogP contribution in [0, 0.1) is 0 Å². The van der Waals surface area contributed by atoms with E-state index < -0.39 is 0 Å². The second kappa shape index (κ2) is 6.93. The fraction of sp³-hybridized carbons (Fsp3) is 0.364. The van der Waals surface area contributed by atoms with Crippen molar-refractivity contribution >= 4 is 16.5 Å². The number of aromatic nitrogens is 3. The van der Waals surface area contributed by atoms with Crippen LogP contribution in [0.15, 0.2) is 30.0 Å². The number of nitrogens with zero attached hydrogens (tertiary/aromatic N) is 3. The van der Waals surface area contributed by atoms with Gasteiger partial charge in [-0.05, 0) is 24.6 Å². The zero-order valence-corrected chi connectivity index (χ0v) is 10.3. The number of pyridine rings is 1. The van der Waals surface area contributed by atoms with Crippen molar-refractivity contribution in [1.82, 2.24) is 20.5 Å². The van der Waals surface area contributed by atoms with Crippen molar-refractivity contribution in [3.63, 3.8) is 0 Å². The summed E-state index contributed by atoms with van der Waals surface area (Å²) in [5.74, 6) is 0. The smallest absolute Gasteiger partial charge is 0.205 e. The first-order chi connectivity index (χ1) is 8.45. The third-order valence-electron chi connectivity index (χ3n) is 2.22. The molecule has 5 nitrogen and oxygen atoms in total. The van der Waals surface area contributed by atoms with E-state index in [1.54, 1.807) is 11.7 Å². The molecule has 17 heavy (non-hydrogen) atoms. The molecule has 2 rings (SSSR count). The molecule has 2 aromatic rings. The van der Waals surface area contributed by atoms with E-state index in [2.05, 4.69) is 31.9 Å². The first kappa shape index (κ1) is 11.9. The van der Waals surface area contributed by atoms with E-state index in [0.717, 1.165) is 31.2 Å². The Hall–Kier alpha value is -1.53. The van der Waals surface area contributed by atoms with Gasteiger partial charge in [0, 0.05) is 25.5 Å². The Morgan fingerprint density at radius 3 is 3.06 bits per heavy atom. The zero-order chi connectivity index (χ0) is 11.8. The van der Waals surface area contributed by atoms with Gasteiger partial charge in [0.05, 0.1) is 0 Å². The van der Waals surface area contributed by atoms with Crippen LogP contribution in [0.3, 0.4) is 0 Å². The lowest BCUT2D eigenvalue weighted by Gasteiger charge is -2.04. The van der Waals surface area contributed by atoms with Gasteiger partial charge in [0.1, 0.15) is 5.51 Å². The first-order valence-electron chi connectivity index (χ1n) is 5.55. The van der Waals surface area contributed by atoms with Crippen LogP contribution in [0.5, 0.6) is 0 Å². The molecule has 2 heterocycles.